The molecule has 0 aliphatic heterocycles. The van der Waals surface area contributed by atoms with E-state index < -0.39 is 10.1 Å². The van der Waals surface area contributed by atoms with Crippen LogP contribution in [0, 0.1) is 11.3 Å². The minimum absolute atomic E-state index is 0.0789. The van der Waals surface area contributed by atoms with Gasteiger partial charge in [0.05, 0.1) is 12.9 Å². The predicted octanol–water partition coefficient (Wildman–Crippen LogP) is 4.80. The van der Waals surface area contributed by atoms with Crippen LogP contribution >= 0.6 is 0 Å². The van der Waals surface area contributed by atoms with Crippen LogP contribution in [0.5, 0.6) is 0 Å². The van der Waals surface area contributed by atoms with Crippen LogP contribution in [0.1, 0.15) is 76.0 Å². The maximum atomic E-state index is 11.5. The van der Waals surface area contributed by atoms with E-state index in [2.05, 4.69) is 45.9 Å². The van der Waals surface area contributed by atoms with E-state index in [9.17, 15) is 8.42 Å². The zero-order valence-corrected chi connectivity index (χ0v) is 17.1. The summed E-state index contributed by atoms with van der Waals surface area (Å²) in [5.74, 6) is 1.02. The zero-order chi connectivity index (χ0) is 18.5. The normalized spacial score (nSPS) is 32.3. The predicted molar refractivity (Wildman–Crippen MR) is 102 cm³/mol. The van der Waals surface area contributed by atoms with Gasteiger partial charge in [0.15, 0.2) is 0 Å². The standard InChI is InChI=1S/C21H32O3S/c1-15(2)16-7-9-18-17(13-16)8-10-19-20(3,14-24-25(5,22)23)11-6-12-21(18,19)4/h7,9,13,15,19H,6,8,10-12,14H2,1-5H3/t19-,20-,21+/m0/s1. The van der Waals surface area contributed by atoms with Crippen molar-refractivity contribution >= 4 is 10.1 Å². The molecule has 25 heavy (non-hydrogen) atoms. The molecule has 2 aliphatic carbocycles. The van der Waals surface area contributed by atoms with E-state index in [-0.39, 0.29) is 10.8 Å². The summed E-state index contributed by atoms with van der Waals surface area (Å²) in [5, 5.41) is 0. The summed E-state index contributed by atoms with van der Waals surface area (Å²) in [6, 6.07) is 7.04. The van der Waals surface area contributed by atoms with Gasteiger partial charge in [-0.15, -0.1) is 0 Å². The average molecular weight is 365 g/mol. The average Bonchev–Trinajstić information content (AvgIpc) is 2.52. The van der Waals surface area contributed by atoms with Gasteiger partial charge in [0, 0.05) is 0 Å². The highest BCUT2D eigenvalue weighted by Gasteiger charge is 2.52. The first-order chi connectivity index (χ1) is 11.6. The molecule has 3 nitrogen and oxygen atoms in total. The number of benzene rings is 1. The third kappa shape index (κ3) is 3.52. The fourth-order valence-electron chi connectivity index (χ4n) is 5.42. The van der Waals surface area contributed by atoms with Crippen LogP contribution in [-0.4, -0.2) is 21.3 Å². The van der Waals surface area contributed by atoms with E-state index in [0.717, 1.165) is 31.9 Å². The maximum absolute atomic E-state index is 11.5. The molecule has 3 atom stereocenters. The minimum atomic E-state index is -3.39. The molecule has 0 heterocycles. The van der Waals surface area contributed by atoms with Crippen LogP contribution < -0.4 is 0 Å². The van der Waals surface area contributed by atoms with Crippen LogP contribution in [0.4, 0.5) is 0 Å². The summed E-state index contributed by atoms with van der Waals surface area (Å²) in [4.78, 5) is 0. The number of aryl methyl sites for hydroxylation is 1. The second kappa shape index (κ2) is 6.38. The van der Waals surface area contributed by atoms with Crippen molar-refractivity contribution in [2.75, 3.05) is 12.9 Å². The summed E-state index contributed by atoms with van der Waals surface area (Å²) >= 11 is 0. The van der Waals surface area contributed by atoms with Gasteiger partial charge in [-0.1, -0.05) is 52.3 Å². The molecule has 1 fully saturated rings. The molecule has 0 aromatic heterocycles. The van der Waals surface area contributed by atoms with Gasteiger partial charge in [-0.3, -0.25) is 4.18 Å². The fraction of sp³-hybridized carbons (Fsp3) is 0.714. The maximum Gasteiger partial charge on any atom is 0.264 e. The van der Waals surface area contributed by atoms with Gasteiger partial charge < -0.3 is 0 Å². The number of rotatable bonds is 4. The molecule has 0 N–H and O–H groups in total. The molecule has 1 aromatic rings. The van der Waals surface area contributed by atoms with E-state index in [0.29, 0.717) is 18.4 Å². The van der Waals surface area contributed by atoms with E-state index in [4.69, 9.17) is 4.18 Å². The molecule has 0 radical (unpaired) electrons. The van der Waals surface area contributed by atoms with Gasteiger partial charge in [-0.2, -0.15) is 8.42 Å². The lowest BCUT2D eigenvalue weighted by Gasteiger charge is -2.55. The molecule has 2 aliphatic rings. The van der Waals surface area contributed by atoms with Crippen molar-refractivity contribution in [2.24, 2.45) is 11.3 Å². The van der Waals surface area contributed by atoms with E-state index >= 15 is 0 Å². The molecule has 1 saturated carbocycles. The van der Waals surface area contributed by atoms with Crippen LogP contribution in [0.3, 0.4) is 0 Å². The summed E-state index contributed by atoms with van der Waals surface area (Å²) in [7, 11) is -3.39. The molecule has 0 unspecified atom stereocenters. The van der Waals surface area contributed by atoms with Crippen molar-refractivity contribution in [2.45, 2.75) is 71.1 Å². The summed E-state index contributed by atoms with van der Waals surface area (Å²) in [5.41, 5.74) is 4.44. The zero-order valence-electron chi connectivity index (χ0n) is 16.3. The van der Waals surface area contributed by atoms with Crippen LogP contribution in [0.2, 0.25) is 0 Å². The topological polar surface area (TPSA) is 43.4 Å². The number of hydrogen-bond donors (Lipinski definition) is 0. The van der Waals surface area contributed by atoms with Crippen molar-refractivity contribution in [3.8, 4) is 0 Å². The molecule has 0 amide bonds. The third-order valence-corrected chi connectivity index (χ3v) is 7.32. The highest BCUT2D eigenvalue weighted by atomic mass is 32.2. The number of fused-ring (bicyclic) bond motifs is 3. The first-order valence-corrected chi connectivity index (χ1v) is 11.3. The van der Waals surface area contributed by atoms with Crippen molar-refractivity contribution in [1.82, 2.24) is 0 Å². The van der Waals surface area contributed by atoms with E-state index in [1.807, 2.05) is 0 Å². The molecule has 1 aromatic carbocycles. The van der Waals surface area contributed by atoms with Crippen LogP contribution in [0.15, 0.2) is 18.2 Å². The Morgan fingerprint density at radius 2 is 1.96 bits per heavy atom. The lowest BCUT2D eigenvalue weighted by atomic mass is 9.50. The molecule has 3 rings (SSSR count). The fourth-order valence-corrected chi connectivity index (χ4v) is 5.90. The molecule has 0 bridgehead atoms. The Kier molecular flexibility index (Phi) is 4.83. The Labute approximate surface area is 153 Å². The van der Waals surface area contributed by atoms with Gasteiger partial charge in [0.1, 0.15) is 0 Å². The third-order valence-electron chi connectivity index (χ3n) is 6.77. The van der Waals surface area contributed by atoms with Crippen LogP contribution in [0.25, 0.3) is 0 Å². The smallest absolute Gasteiger partial charge is 0.264 e. The highest BCUT2D eigenvalue weighted by Crippen LogP contribution is 2.57. The lowest BCUT2D eigenvalue weighted by molar-refractivity contribution is -0.00816. The van der Waals surface area contributed by atoms with E-state index in [1.165, 1.54) is 23.1 Å². The quantitative estimate of drug-likeness (QED) is 0.721. The first kappa shape index (κ1) is 18.9. The lowest BCUT2D eigenvalue weighted by Crippen LogP contribution is -2.51. The van der Waals surface area contributed by atoms with Crippen molar-refractivity contribution in [3.63, 3.8) is 0 Å². The minimum Gasteiger partial charge on any atom is -0.270 e. The molecule has 4 heteroatoms. The second-order valence-electron chi connectivity index (χ2n) is 9.05. The molecule has 0 saturated heterocycles. The SMILES string of the molecule is CC(C)c1ccc2c(c1)CC[C@H]1[C@](C)(COS(C)(=O)=O)CCC[C@]21C. The molecule has 0 spiro atoms. The monoisotopic (exact) mass is 364 g/mol. The van der Waals surface area contributed by atoms with Gasteiger partial charge in [-0.05, 0) is 65.0 Å². The molecular weight excluding hydrogens is 332 g/mol. The number of hydrogen-bond acceptors (Lipinski definition) is 3. The van der Waals surface area contributed by atoms with Crippen molar-refractivity contribution in [1.29, 1.82) is 0 Å². The molecular formula is C21H32O3S. The first-order valence-electron chi connectivity index (χ1n) is 9.53. The Morgan fingerprint density at radius 1 is 1.24 bits per heavy atom. The summed E-state index contributed by atoms with van der Waals surface area (Å²) in [6.45, 7) is 9.42. The Balaban J connectivity index is 1.95. The second-order valence-corrected chi connectivity index (χ2v) is 10.7. The largest absolute Gasteiger partial charge is 0.270 e. The van der Waals surface area contributed by atoms with Crippen LogP contribution in [-0.2, 0) is 26.1 Å². The Bertz CT molecular complexity index is 752. The molecule has 140 valence electrons. The van der Waals surface area contributed by atoms with Crippen molar-refractivity contribution < 1.29 is 12.6 Å². The Morgan fingerprint density at radius 3 is 2.60 bits per heavy atom. The summed E-state index contributed by atoms with van der Waals surface area (Å²) in [6.07, 6.45) is 6.71. The van der Waals surface area contributed by atoms with E-state index in [1.54, 1.807) is 0 Å². The van der Waals surface area contributed by atoms with Gasteiger partial charge in [-0.25, -0.2) is 0 Å². The Hall–Kier alpha value is -0.870. The summed E-state index contributed by atoms with van der Waals surface area (Å²) < 4.78 is 28.3. The van der Waals surface area contributed by atoms with Crippen molar-refractivity contribution in [3.05, 3.63) is 34.9 Å². The van der Waals surface area contributed by atoms with Gasteiger partial charge in [0.2, 0.25) is 0 Å². The van der Waals surface area contributed by atoms with Gasteiger partial charge >= 0.3 is 0 Å². The highest BCUT2D eigenvalue weighted by molar-refractivity contribution is 7.85. The van der Waals surface area contributed by atoms with Gasteiger partial charge in [0.25, 0.3) is 10.1 Å².